The van der Waals surface area contributed by atoms with Crippen LogP contribution in [-0.2, 0) is 27.9 Å². The third kappa shape index (κ3) is 58.9. The van der Waals surface area contributed by atoms with Gasteiger partial charge in [0.15, 0.2) is 0 Å². The molecule has 0 fully saturated rings. The van der Waals surface area contributed by atoms with Gasteiger partial charge in [0.2, 0.25) is 5.91 Å². The van der Waals surface area contributed by atoms with Gasteiger partial charge >= 0.3 is 13.8 Å². The minimum absolute atomic E-state index is 0.0430. The quantitative estimate of drug-likeness (QED) is 0.0205. The molecule has 0 aromatic heterocycles. The Balaban J connectivity index is 5.11. The summed E-state index contributed by atoms with van der Waals surface area (Å²) in [6, 6.07) is -0.845. The number of hydrogen-bond acceptors (Lipinski definition) is 6. The summed E-state index contributed by atoms with van der Waals surface area (Å²) in [5.74, 6) is -0.490. The number of nitrogens with one attached hydrogen (secondary N) is 1. The van der Waals surface area contributed by atoms with Gasteiger partial charge in [0.1, 0.15) is 19.3 Å². The van der Waals surface area contributed by atoms with E-state index in [4.69, 9.17) is 13.8 Å². The molecular weight excluding hydrogens is 976 g/mol. The molecule has 2 N–H and O–H groups in total. The summed E-state index contributed by atoms with van der Waals surface area (Å²) in [5.41, 5.74) is 0. The Morgan fingerprint density at radius 3 is 1.12 bits per heavy atom. The summed E-state index contributed by atoms with van der Waals surface area (Å²) in [6.45, 7) is 7.05. The molecule has 3 atom stereocenters. The molecular formula is C67H132N2O7P+. The van der Waals surface area contributed by atoms with Gasteiger partial charge in [-0.15, -0.1) is 0 Å². The first kappa shape index (κ1) is 75.5. The Hall–Kier alpha value is -1.51. The molecule has 0 radical (unpaired) electrons. The minimum Gasteiger partial charge on any atom is -0.456 e. The summed E-state index contributed by atoms with van der Waals surface area (Å²) in [4.78, 5) is 37.8. The fourth-order valence-corrected chi connectivity index (χ4v) is 10.9. The van der Waals surface area contributed by atoms with Crippen molar-refractivity contribution in [1.82, 2.24) is 5.32 Å². The maximum atomic E-state index is 13.6. The molecule has 0 aromatic rings. The number of rotatable bonds is 62. The highest BCUT2D eigenvalue weighted by atomic mass is 31.2. The molecule has 0 saturated heterocycles. The van der Waals surface area contributed by atoms with Crippen LogP contribution in [0.5, 0.6) is 0 Å². The number of carbonyl (C=O) groups is 2. The third-order valence-electron chi connectivity index (χ3n) is 15.4. The monoisotopic (exact) mass is 1110 g/mol. The van der Waals surface area contributed by atoms with E-state index < -0.39 is 20.0 Å². The first-order valence-electron chi connectivity index (χ1n) is 33.7. The van der Waals surface area contributed by atoms with E-state index in [9.17, 15) is 19.0 Å². The number of quaternary nitrogens is 1. The summed E-state index contributed by atoms with van der Waals surface area (Å²) >= 11 is 0. The molecule has 0 heterocycles. The molecule has 3 unspecified atom stereocenters. The average molecular weight is 1110 g/mol. The smallest absolute Gasteiger partial charge is 0.456 e. The van der Waals surface area contributed by atoms with Crippen molar-refractivity contribution >= 4 is 19.7 Å². The SMILES string of the molecule is CCCCCC/C=C\CCCCCCCCCC(=O)NC(COP(=O)(O)OCC[N+](C)(C)C)C(/C=C\CCCCCCCCCCCCC)OC(=O)CCCCCCCCCCCCCCCCCCCCCCCCC. The van der Waals surface area contributed by atoms with Crippen LogP contribution in [0.25, 0.3) is 0 Å². The van der Waals surface area contributed by atoms with Gasteiger partial charge in [-0.3, -0.25) is 18.6 Å². The molecule has 77 heavy (non-hydrogen) atoms. The molecule has 0 aliphatic rings. The predicted octanol–water partition coefficient (Wildman–Crippen LogP) is 20.9. The van der Waals surface area contributed by atoms with E-state index in [-0.39, 0.29) is 25.1 Å². The zero-order valence-corrected chi connectivity index (χ0v) is 53.1. The number of nitrogens with zero attached hydrogens (tertiary/aromatic N) is 1. The summed E-state index contributed by atoms with van der Waals surface area (Å²) in [6.07, 6.45) is 68.9. The Morgan fingerprint density at radius 1 is 0.442 bits per heavy atom. The summed E-state index contributed by atoms with van der Waals surface area (Å²) in [5, 5.41) is 3.07. The first-order valence-corrected chi connectivity index (χ1v) is 35.2. The molecule has 0 aromatic carbocycles. The lowest BCUT2D eigenvalue weighted by atomic mass is 10.0. The van der Waals surface area contributed by atoms with Gasteiger partial charge in [0.05, 0.1) is 33.8 Å². The maximum Gasteiger partial charge on any atom is 0.472 e. The van der Waals surface area contributed by atoms with Crippen LogP contribution in [0, 0.1) is 0 Å². The fraction of sp³-hybridized carbons (Fsp3) is 0.910. The molecule has 0 saturated carbocycles. The number of unbranched alkanes of at least 4 members (excludes halogenated alkanes) is 44. The molecule has 9 nitrogen and oxygen atoms in total. The zero-order chi connectivity index (χ0) is 56.4. The highest BCUT2D eigenvalue weighted by Crippen LogP contribution is 2.43. The number of amides is 1. The van der Waals surface area contributed by atoms with Crippen LogP contribution in [0.1, 0.15) is 342 Å². The normalized spacial score (nSPS) is 13.7. The van der Waals surface area contributed by atoms with Crippen LogP contribution in [0.15, 0.2) is 24.3 Å². The number of phosphoric ester groups is 1. The van der Waals surface area contributed by atoms with Crippen LogP contribution in [-0.4, -0.2) is 74.3 Å². The second-order valence-electron chi connectivity index (χ2n) is 24.4. The van der Waals surface area contributed by atoms with Gasteiger partial charge < -0.3 is 19.4 Å². The van der Waals surface area contributed by atoms with E-state index in [2.05, 4.69) is 38.2 Å². The van der Waals surface area contributed by atoms with Gasteiger partial charge in [-0.25, -0.2) is 4.57 Å². The van der Waals surface area contributed by atoms with E-state index in [1.54, 1.807) is 0 Å². The Bertz CT molecular complexity index is 1370. The number of ether oxygens (including phenoxy) is 1. The van der Waals surface area contributed by atoms with E-state index in [0.29, 0.717) is 23.9 Å². The highest BCUT2D eigenvalue weighted by molar-refractivity contribution is 7.47. The second kappa shape index (κ2) is 57.7. The molecule has 456 valence electrons. The average Bonchev–Trinajstić information content (AvgIpc) is 3.39. The van der Waals surface area contributed by atoms with Crippen LogP contribution < -0.4 is 5.32 Å². The van der Waals surface area contributed by atoms with Crippen molar-refractivity contribution in [2.24, 2.45) is 0 Å². The van der Waals surface area contributed by atoms with E-state index in [0.717, 1.165) is 64.2 Å². The molecule has 1 amide bonds. The van der Waals surface area contributed by atoms with E-state index in [1.807, 2.05) is 33.3 Å². The first-order chi connectivity index (χ1) is 37.4. The van der Waals surface area contributed by atoms with Crippen LogP contribution in [0.2, 0.25) is 0 Å². The fourth-order valence-electron chi connectivity index (χ4n) is 10.2. The Kier molecular flexibility index (Phi) is 56.6. The number of phosphoric acid groups is 1. The van der Waals surface area contributed by atoms with Crippen molar-refractivity contribution < 1.29 is 37.3 Å². The van der Waals surface area contributed by atoms with Crippen molar-refractivity contribution in [2.75, 3.05) is 40.9 Å². The van der Waals surface area contributed by atoms with Crippen LogP contribution in [0.4, 0.5) is 0 Å². The number of allylic oxidation sites excluding steroid dienone is 3. The predicted molar refractivity (Wildman–Crippen MR) is 333 cm³/mol. The van der Waals surface area contributed by atoms with Crippen molar-refractivity contribution in [3.8, 4) is 0 Å². The van der Waals surface area contributed by atoms with Gasteiger partial charge in [-0.1, -0.05) is 296 Å². The minimum atomic E-state index is -4.45. The topological polar surface area (TPSA) is 111 Å². The molecule has 10 heteroatoms. The Labute approximate surface area is 479 Å². The number of esters is 1. The van der Waals surface area contributed by atoms with Crippen LogP contribution >= 0.6 is 7.82 Å². The van der Waals surface area contributed by atoms with Crippen molar-refractivity contribution in [3.63, 3.8) is 0 Å². The lowest BCUT2D eigenvalue weighted by Crippen LogP contribution is -2.47. The van der Waals surface area contributed by atoms with Crippen LogP contribution in [0.3, 0.4) is 0 Å². The molecule has 0 aliphatic heterocycles. The van der Waals surface area contributed by atoms with Crippen molar-refractivity contribution in [1.29, 1.82) is 0 Å². The summed E-state index contributed by atoms with van der Waals surface area (Å²) < 4.78 is 30.8. The zero-order valence-electron chi connectivity index (χ0n) is 52.2. The van der Waals surface area contributed by atoms with E-state index in [1.165, 1.54) is 244 Å². The lowest BCUT2D eigenvalue weighted by Gasteiger charge is -2.27. The standard InChI is InChI=1S/C67H131N2O7P/c1-7-10-13-16-19-22-25-28-30-31-32-33-34-35-36-37-39-42-45-48-51-54-57-60-67(71)76-65(58-55-52-49-46-43-40-27-24-21-18-15-12-9-3)64(63-75-77(72,73)74-62-61-69(4,5)6)68-66(70)59-56-53-50-47-44-41-38-29-26-23-20-17-14-11-8-2/h23,26,55,58,64-65H,7-22,24-25,27-54,56-57,59-63H2,1-6H3,(H-,68,70,72,73)/p+1/b26-23-,58-55-. The maximum absolute atomic E-state index is 13.6. The van der Waals surface area contributed by atoms with Gasteiger partial charge in [-0.05, 0) is 57.4 Å². The number of likely N-dealkylation sites (N-methyl/N-ethyl adjacent to an activating group) is 1. The molecule has 0 spiro atoms. The highest BCUT2D eigenvalue weighted by Gasteiger charge is 2.30. The third-order valence-corrected chi connectivity index (χ3v) is 16.4. The molecule has 0 bridgehead atoms. The van der Waals surface area contributed by atoms with Gasteiger partial charge in [0.25, 0.3) is 0 Å². The van der Waals surface area contributed by atoms with Gasteiger partial charge in [0, 0.05) is 12.8 Å². The largest absolute Gasteiger partial charge is 0.472 e. The number of hydrogen-bond donors (Lipinski definition) is 2. The summed E-state index contributed by atoms with van der Waals surface area (Å²) in [7, 11) is 1.51. The Morgan fingerprint density at radius 2 is 0.753 bits per heavy atom. The van der Waals surface area contributed by atoms with Crippen molar-refractivity contribution in [2.45, 2.75) is 354 Å². The second-order valence-corrected chi connectivity index (χ2v) is 25.8. The van der Waals surface area contributed by atoms with E-state index >= 15 is 0 Å². The number of carbonyl (C=O) groups excluding carboxylic acids is 2. The molecule has 0 aliphatic carbocycles. The van der Waals surface area contributed by atoms with Crippen molar-refractivity contribution in [3.05, 3.63) is 24.3 Å². The van der Waals surface area contributed by atoms with Gasteiger partial charge in [-0.2, -0.15) is 0 Å². The molecule has 0 rings (SSSR count). The lowest BCUT2D eigenvalue weighted by molar-refractivity contribution is -0.870.